The van der Waals surface area contributed by atoms with Crippen LogP contribution in [0.5, 0.6) is 0 Å². The van der Waals surface area contributed by atoms with Crippen LogP contribution in [0.15, 0.2) is 24.3 Å². The number of benzene rings is 1. The molecule has 1 aromatic rings. The summed E-state index contributed by atoms with van der Waals surface area (Å²) in [6, 6.07) is 5.83. The molecule has 2 rings (SSSR count). The number of anilines is 1. The highest BCUT2D eigenvalue weighted by molar-refractivity contribution is 5.88. The summed E-state index contributed by atoms with van der Waals surface area (Å²) in [5.74, 6) is -0.305. The topological polar surface area (TPSA) is 49.8 Å². The molecule has 1 N–H and O–H groups in total. The number of halogens is 1. The highest BCUT2D eigenvalue weighted by Gasteiger charge is 2.28. The van der Waals surface area contributed by atoms with E-state index in [-0.39, 0.29) is 18.3 Å². The second kappa shape index (κ2) is 5.14. The summed E-state index contributed by atoms with van der Waals surface area (Å²) in [4.78, 5) is 13.0. The SMILES string of the molecule is O=C1OCC(CCO)CN1c1cccc(F)c1. The van der Waals surface area contributed by atoms with Crippen LogP contribution >= 0.6 is 0 Å². The lowest BCUT2D eigenvalue weighted by molar-refractivity contribution is 0.104. The average molecular weight is 239 g/mol. The molecule has 0 aromatic heterocycles. The summed E-state index contributed by atoms with van der Waals surface area (Å²) in [7, 11) is 0. The Morgan fingerprint density at radius 2 is 2.35 bits per heavy atom. The van der Waals surface area contributed by atoms with Gasteiger partial charge in [0.1, 0.15) is 5.82 Å². The number of aliphatic hydroxyl groups excluding tert-OH is 1. The van der Waals surface area contributed by atoms with Gasteiger partial charge < -0.3 is 9.84 Å². The van der Waals surface area contributed by atoms with Gasteiger partial charge in [-0.25, -0.2) is 9.18 Å². The summed E-state index contributed by atoms with van der Waals surface area (Å²) in [5, 5.41) is 8.87. The Hall–Kier alpha value is -1.62. The van der Waals surface area contributed by atoms with Gasteiger partial charge in [-0.3, -0.25) is 4.90 Å². The fourth-order valence-electron chi connectivity index (χ4n) is 1.86. The van der Waals surface area contributed by atoms with Gasteiger partial charge in [-0.05, 0) is 24.6 Å². The predicted molar refractivity (Wildman–Crippen MR) is 60.3 cm³/mol. The van der Waals surface area contributed by atoms with Crippen molar-refractivity contribution < 1.29 is 19.0 Å². The van der Waals surface area contributed by atoms with Gasteiger partial charge in [0.25, 0.3) is 0 Å². The minimum atomic E-state index is -0.468. The van der Waals surface area contributed by atoms with Crippen LogP contribution in [0, 0.1) is 11.7 Å². The highest BCUT2D eigenvalue weighted by atomic mass is 19.1. The smallest absolute Gasteiger partial charge is 0.414 e. The summed E-state index contributed by atoms with van der Waals surface area (Å²) < 4.78 is 18.1. The number of nitrogens with zero attached hydrogens (tertiary/aromatic N) is 1. The first-order chi connectivity index (χ1) is 8.20. The third kappa shape index (κ3) is 2.74. The molecule has 1 fully saturated rings. The second-order valence-electron chi connectivity index (χ2n) is 4.05. The van der Waals surface area contributed by atoms with Gasteiger partial charge in [-0.1, -0.05) is 6.07 Å². The molecule has 17 heavy (non-hydrogen) atoms. The molecule has 1 atom stereocenters. The van der Waals surface area contributed by atoms with E-state index < -0.39 is 6.09 Å². The van der Waals surface area contributed by atoms with Crippen LogP contribution in [-0.2, 0) is 4.74 Å². The minimum Gasteiger partial charge on any atom is -0.449 e. The van der Waals surface area contributed by atoms with E-state index in [0.717, 1.165) is 0 Å². The van der Waals surface area contributed by atoms with Crippen molar-refractivity contribution in [3.05, 3.63) is 30.1 Å². The van der Waals surface area contributed by atoms with Gasteiger partial charge in [0.05, 0.1) is 6.61 Å². The maximum absolute atomic E-state index is 13.1. The minimum absolute atomic E-state index is 0.0548. The van der Waals surface area contributed by atoms with E-state index in [2.05, 4.69) is 0 Å². The molecule has 1 saturated heterocycles. The van der Waals surface area contributed by atoms with E-state index >= 15 is 0 Å². The lowest BCUT2D eigenvalue weighted by Crippen LogP contribution is -2.43. The average Bonchev–Trinajstić information content (AvgIpc) is 2.32. The molecule has 92 valence electrons. The zero-order valence-corrected chi connectivity index (χ0v) is 9.30. The van der Waals surface area contributed by atoms with Crippen molar-refractivity contribution in [1.82, 2.24) is 0 Å². The van der Waals surface area contributed by atoms with Crippen LogP contribution < -0.4 is 4.90 Å². The summed E-state index contributed by atoms with van der Waals surface area (Å²) >= 11 is 0. The lowest BCUT2D eigenvalue weighted by atomic mass is 10.1. The number of hydrogen-bond acceptors (Lipinski definition) is 3. The van der Waals surface area contributed by atoms with Crippen molar-refractivity contribution in [2.75, 3.05) is 24.7 Å². The largest absolute Gasteiger partial charge is 0.449 e. The van der Waals surface area contributed by atoms with Crippen molar-refractivity contribution in [3.8, 4) is 0 Å². The standard InChI is InChI=1S/C12H14FNO3/c13-10-2-1-3-11(6-10)14-7-9(4-5-15)8-17-12(14)16/h1-3,6,9,15H,4-5,7-8H2. The van der Waals surface area contributed by atoms with Crippen LogP contribution in [0.2, 0.25) is 0 Å². The Morgan fingerprint density at radius 1 is 1.53 bits per heavy atom. The number of amides is 1. The van der Waals surface area contributed by atoms with Crippen molar-refractivity contribution in [2.24, 2.45) is 5.92 Å². The van der Waals surface area contributed by atoms with Crippen LogP contribution in [0.4, 0.5) is 14.9 Å². The van der Waals surface area contributed by atoms with Gasteiger partial charge in [-0.2, -0.15) is 0 Å². The zero-order valence-electron chi connectivity index (χ0n) is 9.30. The van der Waals surface area contributed by atoms with E-state index in [4.69, 9.17) is 9.84 Å². The van der Waals surface area contributed by atoms with E-state index in [9.17, 15) is 9.18 Å². The number of carbonyl (C=O) groups excluding carboxylic acids is 1. The van der Waals surface area contributed by atoms with E-state index in [1.54, 1.807) is 12.1 Å². The van der Waals surface area contributed by atoms with Gasteiger partial charge in [-0.15, -0.1) is 0 Å². The molecule has 0 spiro atoms. The first-order valence-corrected chi connectivity index (χ1v) is 5.51. The highest BCUT2D eigenvalue weighted by Crippen LogP contribution is 2.22. The van der Waals surface area contributed by atoms with E-state index in [1.165, 1.54) is 17.0 Å². The van der Waals surface area contributed by atoms with Gasteiger partial charge in [0.15, 0.2) is 0 Å². The summed E-state index contributed by atoms with van der Waals surface area (Å²) in [6.07, 6.45) is 0.101. The number of rotatable bonds is 3. The molecule has 1 aliphatic heterocycles. The molecule has 0 aliphatic carbocycles. The lowest BCUT2D eigenvalue weighted by Gasteiger charge is -2.31. The molecule has 1 unspecified atom stereocenters. The number of hydrogen-bond donors (Lipinski definition) is 1. The third-order valence-corrected chi connectivity index (χ3v) is 2.76. The quantitative estimate of drug-likeness (QED) is 0.874. The normalized spacial score (nSPS) is 20.2. The van der Waals surface area contributed by atoms with Gasteiger partial charge in [0.2, 0.25) is 0 Å². The van der Waals surface area contributed by atoms with Crippen molar-refractivity contribution in [1.29, 1.82) is 0 Å². The fraction of sp³-hybridized carbons (Fsp3) is 0.417. The van der Waals surface area contributed by atoms with Gasteiger partial charge >= 0.3 is 6.09 Å². The number of cyclic esters (lactones) is 1. The first kappa shape index (κ1) is 11.9. The maximum atomic E-state index is 13.1. The molecule has 4 nitrogen and oxygen atoms in total. The number of ether oxygens (including phenoxy) is 1. The number of aliphatic hydroxyl groups is 1. The molecule has 1 amide bonds. The van der Waals surface area contributed by atoms with E-state index in [1.807, 2.05) is 0 Å². The predicted octanol–water partition coefficient (Wildman–Crippen LogP) is 1.78. The summed E-state index contributed by atoms with van der Waals surface area (Å²) in [5.41, 5.74) is 0.484. The molecular formula is C12H14FNO3. The first-order valence-electron chi connectivity index (χ1n) is 5.51. The van der Waals surface area contributed by atoms with Gasteiger partial charge in [0, 0.05) is 24.8 Å². The van der Waals surface area contributed by atoms with Crippen molar-refractivity contribution >= 4 is 11.8 Å². The second-order valence-corrected chi connectivity index (χ2v) is 4.05. The molecule has 0 saturated carbocycles. The molecular weight excluding hydrogens is 225 g/mol. The van der Waals surface area contributed by atoms with Crippen molar-refractivity contribution in [3.63, 3.8) is 0 Å². The molecule has 5 heteroatoms. The Bertz CT molecular complexity index is 410. The Kier molecular flexibility index (Phi) is 3.58. The number of carbonyl (C=O) groups is 1. The monoisotopic (exact) mass is 239 g/mol. The van der Waals surface area contributed by atoms with Crippen LogP contribution in [0.3, 0.4) is 0 Å². The molecule has 0 radical (unpaired) electrons. The Labute approximate surface area is 98.6 Å². The van der Waals surface area contributed by atoms with E-state index in [0.29, 0.717) is 25.3 Å². The molecule has 1 aliphatic rings. The van der Waals surface area contributed by atoms with Crippen LogP contribution in [0.25, 0.3) is 0 Å². The van der Waals surface area contributed by atoms with Crippen LogP contribution in [-0.4, -0.2) is 31.0 Å². The third-order valence-electron chi connectivity index (χ3n) is 2.76. The zero-order chi connectivity index (χ0) is 12.3. The van der Waals surface area contributed by atoms with Crippen LogP contribution in [0.1, 0.15) is 6.42 Å². The fourth-order valence-corrected chi connectivity index (χ4v) is 1.86. The maximum Gasteiger partial charge on any atom is 0.414 e. The molecule has 1 heterocycles. The Balaban J connectivity index is 2.15. The Morgan fingerprint density at radius 3 is 3.06 bits per heavy atom. The van der Waals surface area contributed by atoms with Crippen molar-refractivity contribution in [2.45, 2.75) is 6.42 Å². The summed E-state index contributed by atoms with van der Waals surface area (Å²) in [6.45, 7) is 0.813. The molecule has 1 aromatic carbocycles. The molecule has 0 bridgehead atoms.